The molecule has 0 saturated heterocycles. The Morgan fingerprint density at radius 3 is 2.84 bits per heavy atom. The maximum Gasteiger partial charge on any atom is 0.223 e. The van der Waals surface area contributed by atoms with Crippen LogP contribution in [0.1, 0.15) is 49.3 Å². The molecule has 8 heteroatoms. The van der Waals surface area contributed by atoms with Gasteiger partial charge in [0.25, 0.3) is 0 Å². The lowest BCUT2D eigenvalue weighted by atomic mass is 9.89. The molecule has 8 nitrogen and oxygen atoms in total. The summed E-state index contributed by atoms with van der Waals surface area (Å²) < 4.78 is 7.48. The molecule has 1 amide bonds. The van der Waals surface area contributed by atoms with E-state index in [-0.39, 0.29) is 11.8 Å². The van der Waals surface area contributed by atoms with Crippen LogP contribution in [0.4, 0.5) is 0 Å². The lowest BCUT2D eigenvalue weighted by Crippen LogP contribution is -2.33. The number of nitrogens with one attached hydrogen (secondary N) is 1. The van der Waals surface area contributed by atoms with Crippen molar-refractivity contribution >= 4 is 5.91 Å². The van der Waals surface area contributed by atoms with E-state index in [0.717, 1.165) is 61.9 Å². The highest BCUT2D eigenvalue weighted by atomic mass is 16.5. The summed E-state index contributed by atoms with van der Waals surface area (Å²) >= 11 is 0. The lowest BCUT2D eigenvalue weighted by Gasteiger charge is -2.21. The molecule has 168 valence electrons. The van der Waals surface area contributed by atoms with Gasteiger partial charge in [0.2, 0.25) is 5.91 Å². The number of phenolic OH excluding ortho intramolecular Hbond substituents is 1. The van der Waals surface area contributed by atoms with Crippen molar-refractivity contribution in [1.82, 2.24) is 25.0 Å². The van der Waals surface area contributed by atoms with E-state index < -0.39 is 0 Å². The van der Waals surface area contributed by atoms with Gasteiger partial charge in [0.05, 0.1) is 7.11 Å². The first-order valence-corrected chi connectivity index (χ1v) is 11.4. The Hall–Kier alpha value is -2.61. The minimum Gasteiger partial charge on any atom is -0.508 e. The van der Waals surface area contributed by atoms with Gasteiger partial charge in [-0.05, 0) is 31.0 Å². The van der Waals surface area contributed by atoms with E-state index in [1.165, 1.54) is 19.3 Å². The van der Waals surface area contributed by atoms with Crippen molar-refractivity contribution in [3.05, 3.63) is 35.4 Å². The third-order valence-electron chi connectivity index (χ3n) is 6.50. The van der Waals surface area contributed by atoms with E-state index in [2.05, 4.69) is 25.0 Å². The molecule has 1 fully saturated rings. The Labute approximate surface area is 183 Å². The molecule has 2 heterocycles. The van der Waals surface area contributed by atoms with Crippen LogP contribution >= 0.6 is 0 Å². The molecule has 1 aliphatic heterocycles. The summed E-state index contributed by atoms with van der Waals surface area (Å²) in [5.74, 6) is 3.34. The number of phenols is 1. The van der Waals surface area contributed by atoms with Crippen LogP contribution in [0.2, 0.25) is 0 Å². The second kappa shape index (κ2) is 10.1. The van der Waals surface area contributed by atoms with Gasteiger partial charge in [0, 0.05) is 57.0 Å². The third kappa shape index (κ3) is 5.36. The number of hydrogen-bond acceptors (Lipinski definition) is 6. The van der Waals surface area contributed by atoms with Gasteiger partial charge in [-0.2, -0.15) is 0 Å². The molecule has 2 N–H and O–H groups in total. The Morgan fingerprint density at radius 2 is 2.03 bits per heavy atom. The van der Waals surface area contributed by atoms with Crippen LogP contribution < -0.4 is 10.1 Å². The molecule has 0 spiro atoms. The van der Waals surface area contributed by atoms with Crippen molar-refractivity contribution in [1.29, 1.82) is 0 Å². The summed E-state index contributed by atoms with van der Waals surface area (Å²) in [6.07, 6.45) is 7.13. The van der Waals surface area contributed by atoms with Crippen LogP contribution in [0.15, 0.2) is 18.2 Å². The predicted molar refractivity (Wildman–Crippen MR) is 117 cm³/mol. The first-order valence-electron chi connectivity index (χ1n) is 11.4. The number of rotatable bonds is 7. The van der Waals surface area contributed by atoms with E-state index >= 15 is 0 Å². The second-order valence-corrected chi connectivity index (χ2v) is 8.58. The zero-order valence-corrected chi connectivity index (χ0v) is 18.3. The second-order valence-electron chi connectivity index (χ2n) is 8.58. The standard InChI is InChI=1S/C23H33N5O3/c1-31-19-7-8-20(29)18(15-19)16-27-12-10-22-26-25-21(28(22)14-13-27)9-11-24-23(30)17-5-3-2-4-6-17/h7-8,15,17,29H,2-6,9-14,16H2,1H3,(H,24,30). The molecule has 1 aliphatic carbocycles. The molecule has 4 rings (SSSR count). The van der Waals surface area contributed by atoms with Gasteiger partial charge in [-0.1, -0.05) is 19.3 Å². The number of benzene rings is 1. The summed E-state index contributed by atoms with van der Waals surface area (Å²) in [4.78, 5) is 14.7. The minimum atomic E-state index is 0.186. The first-order chi connectivity index (χ1) is 15.1. The fourth-order valence-corrected chi connectivity index (χ4v) is 4.63. The van der Waals surface area contributed by atoms with Gasteiger partial charge in [-0.3, -0.25) is 9.69 Å². The topological polar surface area (TPSA) is 92.5 Å². The molecular weight excluding hydrogens is 394 g/mol. The summed E-state index contributed by atoms with van der Waals surface area (Å²) in [7, 11) is 1.63. The number of fused-ring (bicyclic) bond motifs is 1. The summed E-state index contributed by atoms with van der Waals surface area (Å²) in [5, 5.41) is 22.1. The average Bonchev–Trinajstić information content (AvgIpc) is 3.07. The largest absolute Gasteiger partial charge is 0.508 e. The molecule has 0 bridgehead atoms. The fraction of sp³-hybridized carbons (Fsp3) is 0.609. The van der Waals surface area contributed by atoms with E-state index in [4.69, 9.17) is 4.74 Å². The van der Waals surface area contributed by atoms with Gasteiger partial charge in [0.1, 0.15) is 23.1 Å². The van der Waals surface area contributed by atoms with Gasteiger partial charge >= 0.3 is 0 Å². The van der Waals surface area contributed by atoms with Crippen LogP contribution in [0.5, 0.6) is 11.5 Å². The lowest BCUT2D eigenvalue weighted by molar-refractivity contribution is -0.125. The number of hydrogen-bond donors (Lipinski definition) is 2. The Bertz CT molecular complexity index is 891. The molecule has 1 aromatic heterocycles. The predicted octanol–water partition coefficient (Wildman–Crippen LogP) is 2.29. The molecule has 0 unspecified atom stereocenters. The van der Waals surface area contributed by atoms with Gasteiger partial charge in [-0.15, -0.1) is 10.2 Å². The SMILES string of the molecule is COc1ccc(O)c(CN2CCc3nnc(CCNC(=O)C4CCCCC4)n3CC2)c1. The van der Waals surface area contributed by atoms with E-state index in [9.17, 15) is 9.90 Å². The van der Waals surface area contributed by atoms with Crippen molar-refractivity contribution in [2.24, 2.45) is 5.92 Å². The monoisotopic (exact) mass is 427 g/mol. The number of ether oxygens (including phenoxy) is 1. The number of aromatic nitrogens is 3. The van der Waals surface area contributed by atoms with Crippen LogP contribution in [0.25, 0.3) is 0 Å². The zero-order valence-electron chi connectivity index (χ0n) is 18.3. The summed E-state index contributed by atoms with van der Waals surface area (Å²) in [6, 6.07) is 5.34. The Balaban J connectivity index is 1.30. The molecule has 2 aromatic rings. The van der Waals surface area contributed by atoms with Crippen molar-refractivity contribution in [3.8, 4) is 11.5 Å². The van der Waals surface area contributed by atoms with Crippen LogP contribution in [-0.4, -0.2) is 57.4 Å². The zero-order chi connectivity index (χ0) is 21.6. The number of amides is 1. The van der Waals surface area contributed by atoms with Crippen LogP contribution in [-0.2, 0) is 30.7 Å². The molecule has 0 radical (unpaired) electrons. The normalized spacial score (nSPS) is 17.7. The van der Waals surface area contributed by atoms with Crippen molar-refractivity contribution < 1.29 is 14.6 Å². The number of nitrogens with zero attached hydrogens (tertiary/aromatic N) is 4. The van der Waals surface area contributed by atoms with Gasteiger partial charge < -0.3 is 19.7 Å². The molecule has 31 heavy (non-hydrogen) atoms. The van der Waals surface area contributed by atoms with Crippen LogP contribution in [0, 0.1) is 5.92 Å². The van der Waals surface area contributed by atoms with E-state index in [1.807, 2.05) is 6.07 Å². The highest BCUT2D eigenvalue weighted by molar-refractivity contribution is 5.78. The summed E-state index contributed by atoms with van der Waals surface area (Å²) in [5.41, 5.74) is 0.864. The quantitative estimate of drug-likeness (QED) is 0.704. The minimum absolute atomic E-state index is 0.186. The van der Waals surface area contributed by atoms with E-state index in [0.29, 0.717) is 25.3 Å². The maximum absolute atomic E-state index is 12.4. The molecule has 0 atom stereocenters. The molecule has 2 aliphatic rings. The highest BCUT2D eigenvalue weighted by Gasteiger charge is 2.22. The number of carbonyl (C=O) groups is 1. The highest BCUT2D eigenvalue weighted by Crippen LogP contribution is 2.25. The number of methoxy groups -OCH3 is 1. The van der Waals surface area contributed by atoms with E-state index in [1.54, 1.807) is 19.2 Å². The number of aromatic hydroxyl groups is 1. The summed E-state index contributed by atoms with van der Waals surface area (Å²) in [6.45, 7) is 3.78. The third-order valence-corrected chi connectivity index (χ3v) is 6.50. The Kier molecular flexibility index (Phi) is 7.06. The Morgan fingerprint density at radius 1 is 1.19 bits per heavy atom. The smallest absolute Gasteiger partial charge is 0.223 e. The van der Waals surface area contributed by atoms with Crippen molar-refractivity contribution in [2.45, 2.75) is 58.0 Å². The molecule has 1 aromatic carbocycles. The number of carbonyl (C=O) groups excluding carboxylic acids is 1. The first kappa shape index (κ1) is 21.6. The fourth-order valence-electron chi connectivity index (χ4n) is 4.63. The average molecular weight is 428 g/mol. The van der Waals surface area contributed by atoms with Crippen molar-refractivity contribution in [3.63, 3.8) is 0 Å². The van der Waals surface area contributed by atoms with Crippen molar-refractivity contribution in [2.75, 3.05) is 26.7 Å². The maximum atomic E-state index is 12.4. The van der Waals surface area contributed by atoms with Gasteiger partial charge in [0.15, 0.2) is 0 Å². The molecular formula is C23H33N5O3. The van der Waals surface area contributed by atoms with Crippen LogP contribution in [0.3, 0.4) is 0 Å². The molecule has 1 saturated carbocycles. The van der Waals surface area contributed by atoms with Gasteiger partial charge in [-0.25, -0.2) is 0 Å².